The van der Waals surface area contributed by atoms with E-state index in [1.54, 1.807) is 24.3 Å². The smallest absolute Gasteiger partial charge is 0.354 e. The van der Waals surface area contributed by atoms with E-state index in [4.69, 9.17) is 4.74 Å². The minimum atomic E-state index is -0.699. The number of anilines is 1. The van der Waals surface area contributed by atoms with Crippen LogP contribution in [0.2, 0.25) is 0 Å². The quantitative estimate of drug-likeness (QED) is 0.503. The summed E-state index contributed by atoms with van der Waals surface area (Å²) in [5.74, 6) is -1.91. The van der Waals surface area contributed by atoms with E-state index in [9.17, 15) is 19.2 Å². The first-order chi connectivity index (χ1) is 15.7. The molecule has 0 spiro atoms. The van der Waals surface area contributed by atoms with Gasteiger partial charge >= 0.3 is 5.97 Å². The van der Waals surface area contributed by atoms with Gasteiger partial charge < -0.3 is 15.4 Å². The normalized spacial score (nSPS) is 14.3. The fourth-order valence-electron chi connectivity index (χ4n) is 3.55. The number of esters is 1. The third-order valence-corrected chi connectivity index (χ3v) is 5.38. The Labute approximate surface area is 190 Å². The van der Waals surface area contributed by atoms with Crippen LogP contribution in [-0.2, 0) is 25.7 Å². The van der Waals surface area contributed by atoms with Crippen molar-refractivity contribution >= 4 is 29.4 Å². The highest BCUT2D eigenvalue weighted by Gasteiger charge is 2.34. The molecule has 2 N–H and O–H groups in total. The van der Waals surface area contributed by atoms with Crippen LogP contribution >= 0.6 is 0 Å². The Hall–Kier alpha value is -4.20. The Morgan fingerprint density at radius 2 is 1.70 bits per heavy atom. The molecule has 0 bridgehead atoms. The number of benzene rings is 2. The number of amides is 3. The fraction of sp³-hybridized carbons (Fsp3) is 0.200. The van der Waals surface area contributed by atoms with Crippen molar-refractivity contribution in [2.45, 2.75) is 32.4 Å². The molecule has 2 aromatic rings. The van der Waals surface area contributed by atoms with Crippen LogP contribution in [0.5, 0.6) is 0 Å². The van der Waals surface area contributed by atoms with E-state index in [-0.39, 0.29) is 35.9 Å². The number of rotatable bonds is 7. The molecule has 33 heavy (non-hydrogen) atoms. The molecule has 1 saturated carbocycles. The lowest BCUT2D eigenvalue weighted by Crippen LogP contribution is -2.36. The van der Waals surface area contributed by atoms with Crippen molar-refractivity contribution in [2.24, 2.45) is 0 Å². The van der Waals surface area contributed by atoms with Gasteiger partial charge in [-0.3, -0.25) is 19.3 Å². The van der Waals surface area contributed by atoms with Crippen molar-refractivity contribution in [3.05, 3.63) is 78.1 Å². The number of hydrogen-bond acceptors (Lipinski definition) is 5. The molecule has 2 aliphatic rings. The number of ether oxygens (including phenoxy) is 1. The van der Waals surface area contributed by atoms with Crippen LogP contribution in [-0.4, -0.2) is 34.7 Å². The number of carbonyl (C=O) groups is 4. The maximum atomic E-state index is 13.0. The van der Waals surface area contributed by atoms with Crippen molar-refractivity contribution in [3.63, 3.8) is 0 Å². The standard InChI is InChI=1S/C25H23N3O5/c1-14(25(32)33-19-11-12-19)26-23(30)15(2)28-13-22-20(5-4-6-21(22)24(28)31)17-7-9-18(10-8-17)27-16(3)29/h4-10,19H,1-2,11-13H2,3H3,(H,26,30)(H,27,29). The van der Waals surface area contributed by atoms with Crippen molar-refractivity contribution in [2.75, 3.05) is 5.32 Å². The molecule has 0 atom stereocenters. The number of nitrogens with zero attached hydrogens (tertiary/aromatic N) is 1. The van der Waals surface area contributed by atoms with Crippen LogP contribution in [0.1, 0.15) is 35.7 Å². The number of hydrogen-bond donors (Lipinski definition) is 2. The molecule has 1 fully saturated rings. The zero-order valence-corrected chi connectivity index (χ0v) is 18.1. The molecular formula is C25H23N3O5. The predicted molar refractivity (Wildman–Crippen MR) is 122 cm³/mol. The maximum absolute atomic E-state index is 13.0. The van der Waals surface area contributed by atoms with Crippen molar-refractivity contribution in [1.29, 1.82) is 0 Å². The Kier molecular flexibility index (Phi) is 5.83. The highest BCUT2D eigenvalue weighted by atomic mass is 16.5. The largest absolute Gasteiger partial charge is 0.458 e. The Morgan fingerprint density at radius 1 is 1.03 bits per heavy atom. The first-order valence-corrected chi connectivity index (χ1v) is 10.5. The average molecular weight is 445 g/mol. The Morgan fingerprint density at radius 3 is 2.33 bits per heavy atom. The van der Waals surface area contributed by atoms with E-state index in [0.717, 1.165) is 29.5 Å². The molecule has 4 rings (SSSR count). The van der Waals surface area contributed by atoms with Gasteiger partial charge in [-0.15, -0.1) is 0 Å². The van der Waals surface area contributed by atoms with Gasteiger partial charge in [-0.25, -0.2) is 4.79 Å². The van der Waals surface area contributed by atoms with E-state index in [0.29, 0.717) is 11.3 Å². The van der Waals surface area contributed by atoms with Gasteiger partial charge in [-0.2, -0.15) is 0 Å². The molecule has 8 heteroatoms. The summed E-state index contributed by atoms with van der Waals surface area (Å²) in [6, 6.07) is 12.6. The summed E-state index contributed by atoms with van der Waals surface area (Å²) in [6.07, 6.45) is 1.49. The van der Waals surface area contributed by atoms with Gasteiger partial charge in [0, 0.05) is 18.2 Å². The van der Waals surface area contributed by atoms with Crippen molar-refractivity contribution in [1.82, 2.24) is 10.2 Å². The zero-order valence-electron chi connectivity index (χ0n) is 18.1. The SMILES string of the molecule is C=C(NC(=O)C(=C)N1Cc2c(cccc2-c2ccc(NC(C)=O)cc2)C1=O)C(=O)OC1CC1. The summed E-state index contributed by atoms with van der Waals surface area (Å²) in [4.78, 5) is 50.1. The summed E-state index contributed by atoms with van der Waals surface area (Å²) in [5, 5.41) is 5.09. The molecule has 1 aliphatic heterocycles. The van der Waals surface area contributed by atoms with Gasteiger partial charge in [-0.1, -0.05) is 37.4 Å². The molecule has 3 amide bonds. The highest BCUT2D eigenvalue weighted by molar-refractivity contribution is 6.08. The molecule has 0 saturated heterocycles. The minimum absolute atomic E-state index is 0.0940. The first kappa shape index (κ1) is 22.0. The molecule has 1 aliphatic carbocycles. The van der Waals surface area contributed by atoms with Crippen LogP contribution in [0.3, 0.4) is 0 Å². The second-order valence-electron chi connectivity index (χ2n) is 7.97. The summed E-state index contributed by atoms with van der Waals surface area (Å²) in [7, 11) is 0. The molecule has 0 aromatic heterocycles. The Bertz CT molecular complexity index is 1200. The van der Waals surface area contributed by atoms with Gasteiger partial charge in [-0.05, 0) is 47.7 Å². The van der Waals surface area contributed by atoms with Crippen LogP contribution in [0.4, 0.5) is 5.69 Å². The van der Waals surface area contributed by atoms with Crippen LogP contribution < -0.4 is 10.6 Å². The minimum Gasteiger partial charge on any atom is -0.458 e. The molecular weight excluding hydrogens is 422 g/mol. The summed E-state index contributed by atoms with van der Waals surface area (Å²) < 4.78 is 5.11. The molecule has 0 unspecified atom stereocenters. The third kappa shape index (κ3) is 4.69. The first-order valence-electron chi connectivity index (χ1n) is 10.5. The molecule has 8 nitrogen and oxygen atoms in total. The van der Waals surface area contributed by atoms with Gasteiger partial charge in [0.1, 0.15) is 17.5 Å². The monoisotopic (exact) mass is 445 g/mol. The summed E-state index contributed by atoms with van der Waals surface area (Å²) in [6.45, 7) is 8.89. The maximum Gasteiger partial charge on any atom is 0.354 e. The van der Waals surface area contributed by atoms with Crippen molar-refractivity contribution < 1.29 is 23.9 Å². The van der Waals surface area contributed by atoms with Gasteiger partial charge in [0.15, 0.2) is 0 Å². The van der Waals surface area contributed by atoms with Crippen LogP contribution in [0.15, 0.2) is 67.0 Å². The lowest BCUT2D eigenvalue weighted by atomic mass is 9.97. The fourth-order valence-corrected chi connectivity index (χ4v) is 3.55. The topological polar surface area (TPSA) is 105 Å². The zero-order chi connectivity index (χ0) is 23.7. The molecule has 1 heterocycles. The number of nitrogens with one attached hydrogen (secondary N) is 2. The van der Waals surface area contributed by atoms with E-state index >= 15 is 0 Å². The van der Waals surface area contributed by atoms with Gasteiger partial charge in [0.05, 0.1) is 6.54 Å². The molecule has 0 radical (unpaired) electrons. The van der Waals surface area contributed by atoms with E-state index in [2.05, 4.69) is 23.8 Å². The second-order valence-corrected chi connectivity index (χ2v) is 7.97. The molecule has 168 valence electrons. The highest BCUT2D eigenvalue weighted by Crippen LogP contribution is 2.34. The van der Waals surface area contributed by atoms with Gasteiger partial charge in [0.25, 0.3) is 11.8 Å². The number of fused-ring (bicyclic) bond motifs is 1. The predicted octanol–water partition coefficient (Wildman–Crippen LogP) is 3.12. The van der Waals surface area contributed by atoms with E-state index in [1.165, 1.54) is 11.8 Å². The number of carbonyl (C=O) groups excluding carboxylic acids is 4. The lowest BCUT2D eigenvalue weighted by molar-refractivity contribution is -0.141. The summed E-state index contributed by atoms with van der Waals surface area (Å²) in [5.41, 5.74) is 3.31. The van der Waals surface area contributed by atoms with Gasteiger partial charge in [0.2, 0.25) is 5.91 Å². The van der Waals surface area contributed by atoms with Crippen LogP contribution in [0, 0.1) is 0 Å². The van der Waals surface area contributed by atoms with E-state index < -0.39 is 11.9 Å². The lowest BCUT2D eigenvalue weighted by Gasteiger charge is -2.18. The average Bonchev–Trinajstić information content (AvgIpc) is 3.54. The van der Waals surface area contributed by atoms with Crippen LogP contribution in [0.25, 0.3) is 11.1 Å². The summed E-state index contributed by atoms with van der Waals surface area (Å²) >= 11 is 0. The molecule has 2 aromatic carbocycles. The van der Waals surface area contributed by atoms with E-state index in [1.807, 2.05) is 18.2 Å². The second kappa shape index (κ2) is 8.74. The third-order valence-electron chi connectivity index (χ3n) is 5.38. The Balaban J connectivity index is 1.49. The van der Waals surface area contributed by atoms with Crippen molar-refractivity contribution in [3.8, 4) is 11.1 Å².